The minimum absolute atomic E-state index is 0.0960. The van der Waals surface area contributed by atoms with Crippen LogP contribution >= 0.6 is 0 Å². The van der Waals surface area contributed by atoms with Gasteiger partial charge in [0.1, 0.15) is 17.0 Å². The van der Waals surface area contributed by atoms with E-state index in [4.69, 9.17) is 14.2 Å². The van der Waals surface area contributed by atoms with Crippen LogP contribution in [0.15, 0.2) is 24.3 Å². The molecule has 1 aromatic rings. The molecule has 1 atom stereocenters. The average molecular weight is 425 g/mol. The van der Waals surface area contributed by atoms with Gasteiger partial charge in [0.2, 0.25) is 0 Å². The van der Waals surface area contributed by atoms with Crippen LogP contribution in [0.4, 0.5) is 14.0 Å². The minimum atomic E-state index is -1.64. The van der Waals surface area contributed by atoms with Gasteiger partial charge in [-0.25, -0.2) is 18.8 Å². The molecule has 0 radical (unpaired) electrons. The Hall–Kier alpha value is -2.97. The van der Waals surface area contributed by atoms with Gasteiger partial charge < -0.3 is 14.2 Å². The second kappa shape index (κ2) is 9.69. The van der Waals surface area contributed by atoms with Crippen molar-refractivity contribution in [2.24, 2.45) is 0 Å². The van der Waals surface area contributed by atoms with Crippen molar-refractivity contribution < 1.29 is 37.8 Å². The second-order valence-electron chi connectivity index (χ2n) is 8.50. The number of halogens is 1. The van der Waals surface area contributed by atoms with Crippen LogP contribution in [0.3, 0.4) is 0 Å². The van der Waals surface area contributed by atoms with E-state index in [2.05, 4.69) is 0 Å². The number of esters is 1. The molecule has 8 nitrogen and oxygen atoms in total. The molecule has 0 aromatic heterocycles. The van der Waals surface area contributed by atoms with E-state index in [1.54, 1.807) is 41.5 Å². The monoisotopic (exact) mass is 425 g/mol. The van der Waals surface area contributed by atoms with Crippen molar-refractivity contribution in [1.29, 1.82) is 0 Å². The fourth-order valence-electron chi connectivity index (χ4n) is 2.30. The van der Waals surface area contributed by atoms with E-state index < -0.39 is 53.4 Å². The highest BCUT2D eigenvalue weighted by Gasteiger charge is 2.42. The summed E-state index contributed by atoms with van der Waals surface area (Å²) >= 11 is 0. The molecule has 0 N–H and O–H groups in total. The van der Waals surface area contributed by atoms with Crippen molar-refractivity contribution in [1.82, 2.24) is 4.90 Å². The van der Waals surface area contributed by atoms with Crippen LogP contribution in [-0.4, -0.2) is 53.2 Å². The highest BCUT2D eigenvalue weighted by molar-refractivity contribution is 6.01. The van der Waals surface area contributed by atoms with Gasteiger partial charge in [0.05, 0.1) is 7.11 Å². The van der Waals surface area contributed by atoms with E-state index >= 15 is 0 Å². The van der Waals surface area contributed by atoms with Crippen molar-refractivity contribution in [3.05, 3.63) is 35.6 Å². The summed E-state index contributed by atoms with van der Waals surface area (Å²) in [6, 6.07) is 2.99. The zero-order chi connectivity index (χ0) is 23.3. The summed E-state index contributed by atoms with van der Waals surface area (Å²) < 4.78 is 28.3. The van der Waals surface area contributed by atoms with Gasteiger partial charge in [-0.3, -0.25) is 4.79 Å². The molecule has 0 spiro atoms. The number of methoxy groups -OCH3 is 1. The standard InChI is InChI=1S/C21H28FNO7/c1-20(2,3)29-18(26)23(19(27)30-21(4,5)6)15(17(25)28-7)12-16(24)13-8-10-14(22)11-9-13/h8-11,15H,12H2,1-7H3. The van der Waals surface area contributed by atoms with Crippen molar-refractivity contribution in [2.45, 2.75) is 65.2 Å². The highest BCUT2D eigenvalue weighted by Crippen LogP contribution is 2.20. The number of amides is 2. The Kier molecular flexibility index (Phi) is 8.09. The van der Waals surface area contributed by atoms with Crippen molar-refractivity contribution in [2.75, 3.05) is 7.11 Å². The number of carbonyl (C=O) groups is 4. The summed E-state index contributed by atoms with van der Waals surface area (Å²) in [5.41, 5.74) is -1.88. The van der Waals surface area contributed by atoms with Crippen LogP contribution in [0, 0.1) is 5.82 Å². The largest absolute Gasteiger partial charge is 0.467 e. The van der Waals surface area contributed by atoms with E-state index in [1.807, 2.05) is 0 Å². The topological polar surface area (TPSA) is 99.2 Å². The van der Waals surface area contributed by atoms with Crippen LogP contribution in [0.2, 0.25) is 0 Å². The van der Waals surface area contributed by atoms with Crippen molar-refractivity contribution in [3.8, 4) is 0 Å². The molecule has 0 aliphatic carbocycles. The van der Waals surface area contributed by atoms with E-state index in [9.17, 15) is 23.6 Å². The summed E-state index contributed by atoms with van der Waals surface area (Å²) in [5.74, 6) is -2.16. The van der Waals surface area contributed by atoms with E-state index in [1.165, 1.54) is 12.1 Å². The third-order valence-electron chi connectivity index (χ3n) is 3.51. The number of Topliss-reactive ketones (excluding diaryl/α,β-unsaturated/α-hetero) is 1. The number of nitrogens with zero attached hydrogens (tertiary/aromatic N) is 1. The first-order chi connectivity index (χ1) is 13.6. The number of rotatable bonds is 5. The molecule has 0 aliphatic heterocycles. The predicted molar refractivity (Wildman–Crippen MR) is 105 cm³/mol. The summed E-state index contributed by atoms with van der Waals surface area (Å²) in [4.78, 5) is 51.0. The lowest BCUT2D eigenvalue weighted by atomic mass is 10.0. The normalized spacial score (nSPS) is 12.5. The zero-order valence-electron chi connectivity index (χ0n) is 18.3. The Morgan fingerprint density at radius 2 is 1.33 bits per heavy atom. The molecular weight excluding hydrogens is 397 g/mol. The molecule has 166 valence electrons. The summed E-state index contributed by atoms with van der Waals surface area (Å²) in [7, 11) is 1.06. The lowest BCUT2D eigenvalue weighted by Crippen LogP contribution is -2.53. The lowest BCUT2D eigenvalue weighted by molar-refractivity contribution is -0.146. The third kappa shape index (κ3) is 7.81. The molecule has 0 heterocycles. The number of hydrogen-bond acceptors (Lipinski definition) is 7. The third-order valence-corrected chi connectivity index (χ3v) is 3.51. The van der Waals surface area contributed by atoms with Crippen LogP contribution < -0.4 is 0 Å². The number of ketones is 1. The average Bonchev–Trinajstić information content (AvgIpc) is 2.57. The molecular formula is C21H28FNO7. The van der Waals surface area contributed by atoms with Crippen LogP contribution in [0.25, 0.3) is 0 Å². The summed E-state index contributed by atoms with van der Waals surface area (Å²) in [6.45, 7) is 9.47. The number of benzene rings is 1. The van der Waals surface area contributed by atoms with E-state index in [0.29, 0.717) is 4.90 Å². The second-order valence-corrected chi connectivity index (χ2v) is 8.50. The number of imide groups is 1. The Labute approximate surface area is 175 Å². The molecule has 1 rings (SSSR count). The van der Waals surface area contributed by atoms with Crippen LogP contribution in [0.5, 0.6) is 0 Å². The van der Waals surface area contributed by atoms with Crippen molar-refractivity contribution >= 4 is 23.9 Å². The Balaban J connectivity index is 3.32. The van der Waals surface area contributed by atoms with E-state index in [-0.39, 0.29) is 5.56 Å². The molecule has 9 heteroatoms. The molecule has 0 saturated carbocycles. The van der Waals surface area contributed by atoms with Gasteiger partial charge in [-0.05, 0) is 65.8 Å². The molecule has 1 aromatic carbocycles. The number of carbonyl (C=O) groups excluding carboxylic acids is 4. The van der Waals surface area contributed by atoms with Crippen LogP contribution in [-0.2, 0) is 19.0 Å². The fraction of sp³-hybridized carbons (Fsp3) is 0.524. The maximum Gasteiger partial charge on any atom is 0.420 e. The first-order valence-corrected chi connectivity index (χ1v) is 9.26. The van der Waals surface area contributed by atoms with Gasteiger partial charge in [0.25, 0.3) is 0 Å². The van der Waals surface area contributed by atoms with Gasteiger partial charge in [-0.2, -0.15) is 4.90 Å². The summed E-state index contributed by atoms with van der Waals surface area (Å²) in [5, 5.41) is 0. The maximum atomic E-state index is 13.1. The zero-order valence-corrected chi connectivity index (χ0v) is 18.3. The minimum Gasteiger partial charge on any atom is -0.467 e. The lowest BCUT2D eigenvalue weighted by Gasteiger charge is -2.32. The summed E-state index contributed by atoms with van der Waals surface area (Å²) in [6.07, 6.45) is -2.94. The fourth-order valence-corrected chi connectivity index (χ4v) is 2.30. The predicted octanol–water partition coefficient (Wildman–Crippen LogP) is 4.11. The van der Waals surface area contributed by atoms with Gasteiger partial charge in [0.15, 0.2) is 11.8 Å². The number of ether oxygens (including phenoxy) is 3. The molecule has 0 saturated heterocycles. The Bertz CT molecular complexity index is 763. The van der Waals surface area contributed by atoms with Crippen LogP contribution in [0.1, 0.15) is 58.3 Å². The maximum absolute atomic E-state index is 13.1. The first kappa shape index (κ1) is 25.1. The van der Waals surface area contributed by atoms with Gasteiger partial charge in [-0.15, -0.1) is 0 Å². The molecule has 0 bridgehead atoms. The number of hydrogen-bond donors (Lipinski definition) is 0. The van der Waals surface area contributed by atoms with Crippen molar-refractivity contribution in [3.63, 3.8) is 0 Å². The van der Waals surface area contributed by atoms with Gasteiger partial charge in [0, 0.05) is 12.0 Å². The molecule has 30 heavy (non-hydrogen) atoms. The van der Waals surface area contributed by atoms with Gasteiger partial charge in [-0.1, -0.05) is 0 Å². The first-order valence-electron chi connectivity index (χ1n) is 9.26. The Morgan fingerprint density at radius 1 is 0.900 bits per heavy atom. The smallest absolute Gasteiger partial charge is 0.420 e. The molecule has 1 unspecified atom stereocenters. The van der Waals surface area contributed by atoms with Gasteiger partial charge >= 0.3 is 18.2 Å². The SMILES string of the molecule is COC(=O)C(CC(=O)c1ccc(F)cc1)N(C(=O)OC(C)(C)C)C(=O)OC(C)(C)C. The highest BCUT2D eigenvalue weighted by atomic mass is 19.1. The van der Waals surface area contributed by atoms with E-state index in [0.717, 1.165) is 19.2 Å². The quantitative estimate of drug-likeness (QED) is 0.398. The Morgan fingerprint density at radius 3 is 1.70 bits per heavy atom. The molecule has 2 amide bonds. The molecule has 0 aliphatic rings. The molecule has 0 fully saturated rings.